The van der Waals surface area contributed by atoms with Crippen molar-refractivity contribution in [2.24, 2.45) is 0 Å². The Morgan fingerprint density at radius 1 is 0.941 bits per heavy atom. The molecular formula is C14H10N2O. The fraction of sp³-hybridized carbons (Fsp3) is 0. The van der Waals surface area contributed by atoms with Gasteiger partial charge < -0.3 is 4.98 Å². The molecule has 3 nitrogen and oxygen atoms in total. The predicted molar refractivity (Wildman–Crippen MR) is 67.8 cm³/mol. The van der Waals surface area contributed by atoms with E-state index < -0.39 is 0 Å². The molecule has 0 saturated carbocycles. The molecule has 3 rings (SSSR count). The molecule has 0 aliphatic rings. The average Bonchev–Trinajstić information content (AvgIpc) is 2.39. The molecule has 0 amide bonds. The van der Waals surface area contributed by atoms with Gasteiger partial charge in [-0.25, -0.2) is 0 Å². The van der Waals surface area contributed by atoms with Crippen LogP contribution in [0.5, 0.6) is 0 Å². The Labute approximate surface area is 97.8 Å². The zero-order valence-corrected chi connectivity index (χ0v) is 9.05. The Bertz CT molecular complexity index is 717. The summed E-state index contributed by atoms with van der Waals surface area (Å²) >= 11 is 0. The lowest BCUT2D eigenvalue weighted by Gasteiger charge is -2.05. The lowest BCUT2D eigenvalue weighted by Crippen LogP contribution is -2.03. The maximum atomic E-state index is 11.4. The van der Waals surface area contributed by atoms with Crippen LogP contribution >= 0.6 is 0 Å². The van der Waals surface area contributed by atoms with E-state index in [1.54, 1.807) is 18.5 Å². The summed E-state index contributed by atoms with van der Waals surface area (Å²) in [5, 5.41) is 1.03. The Morgan fingerprint density at radius 2 is 1.76 bits per heavy atom. The van der Waals surface area contributed by atoms with Gasteiger partial charge in [0.15, 0.2) is 0 Å². The molecule has 1 aromatic carbocycles. The van der Waals surface area contributed by atoms with E-state index in [-0.39, 0.29) is 5.56 Å². The largest absolute Gasteiger partial charge is 0.321 e. The summed E-state index contributed by atoms with van der Waals surface area (Å²) in [7, 11) is 0. The van der Waals surface area contributed by atoms with Crippen molar-refractivity contribution in [2.75, 3.05) is 0 Å². The van der Waals surface area contributed by atoms with Crippen molar-refractivity contribution in [3.05, 3.63) is 65.2 Å². The number of fused-ring (bicyclic) bond motifs is 1. The number of rotatable bonds is 1. The zero-order chi connectivity index (χ0) is 11.7. The smallest absolute Gasteiger partial charge is 0.248 e. The first-order valence-electron chi connectivity index (χ1n) is 5.37. The van der Waals surface area contributed by atoms with Crippen LogP contribution in [0.3, 0.4) is 0 Å². The lowest BCUT2D eigenvalue weighted by molar-refractivity contribution is 1.30. The van der Waals surface area contributed by atoms with Gasteiger partial charge in [0.05, 0.1) is 5.52 Å². The first kappa shape index (κ1) is 9.78. The Balaban J connectivity index is 2.37. The van der Waals surface area contributed by atoms with Crippen molar-refractivity contribution < 1.29 is 0 Å². The maximum Gasteiger partial charge on any atom is 0.248 e. The summed E-state index contributed by atoms with van der Waals surface area (Å²) in [5.74, 6) is 0. The van der Waals surface area contributed by atoms with Crippen molar-refractivity contribution in [1.29, 1.82) is 0 Å². The number of H-pyrrole nitrogens is 1. The molecule has 3 heteroatoms. The highest BCUT2D eigenvalue weighted by molar-refractivity contribution is 5.93. The van der Waals surface area contributed by atoms with Crippen LogP contribution in [0.1, 0.15) is 0 Å². The van der Waals surface area contributed by atoms with Crippen LogP contribution in [-0.2, 0) is 0 Å². The number of aromatic nitrogens is 2. The first-order valence-corrected chi connectivity index (χ1v) is 5.37. The van der Waals surface area contributed by atoms with E-state index in [2.05, 4.69) is 9.97 Å². The van der Waals surface area contributed by atoms with E-state index in [9.17, 15) is 4.79 Å². The molecular weight excluding hydrogens is 212 g/mol. The van der Waals surface area contributed by atoms with E-state index in [4.69, 9.17) is 0 Å². The Hall–Kier alpha value is -2.42. The number of hydrogen-bond acceptors (Lipinski definition) is 2. The van der Waals surface area contributed by atoms with Gasteiger partial charge in [-0.1, -0.05) is 18.2 Å². The van der Waals surface area contributed by atoms with Crippen LogP contribution < -0.4 is 5.56 Å². The molecule has 0 saturated heterocycles. The standard InChI is InChI=1S/C14H10N2O/c17-13-5-4-11-2-1-3-12(14(11)16-13)10-6-8-15-9-7-10/h1-9H,(H,16,17). The van der Waals surface area contributed by atoms with Crippen molar-refractivity contribution >= 4 is 10.9 Å². The highest BCUT2D eigenvalue weighted by atomic mass is 16.1. The van der Waals surface area contributed by atoms with E-state index in [0.717, 1.165) is 22.0 Å². The fourth-order valence-electron chi connectivity index (χ4n) is 1.95. The van der Waals surface area contributed by atoms with Crippen molar-refractivity contribution in [3.63, 3.8) is 0 Å². The quantitative estimate of drug-likeness (QED) is 0.687. The number of para-hydroxylation sites is 1. The molecule has 0 fully saturated rings. The molecule has 82 valence electrons. The third-order valence-corrected chi connectivity index (χ3v) is 2.75. The molecule has 2 aromatic heterocycles. The molecule has 0 radical (unpaired) electrons. The molecule has 17 heavy (non-hydrogen) atoms. The summed E-state index contributed by atoms with van der Waals surface area (Å²) < 4.78 is 0. The molecule has 0 spiro atoms. The number of pyridine rings is 2. The van der Waals surface area contributed by atoms with Gasteiger partial charge in [-0.15, -0.1) is 0 Å². The lowest BCUT2D eigenvalue weighted by atomic mass is 10.0. The van der Waals surface area contributed by atoms with E-state index in [1.807, 2.05) is 36.4 Å². The molecule has 2 heterocycles. The van der Waals surface area contributed by atoms with Gasteiger partial charge in [-0.3, -0.25) is 9.78 Å². The monoisotopic (exact) mass is 222 g/mol. The number of hydrogen-bond donors (Lipinski definition) is 1. The highest BCUT2D eigenvalue weighted by Crippen LogP contribution is 2.25. The first-order chi connectivity index (χ1) is 8.34. The van der Waals surface area contributed by atoms with Crippen molar-refractivity contribution in [3.8, 4) is 11.1 Å². The van der Waals surface area contributed by atoms with Gasteiger partial charge in [0.25, 0.3) is 0 Å². The topological polar surface area (TPSA) is 45.8 Å². The molecule has 0 atom stereocenters. The minimum absolute atomic E-state index is 0.0843. The van der Waals surface area contributed by atoms with Crippen molar-refractivity contribution in [1.82, 2.24) is 9.97 Å². The molecule has 0 unspecified atom stereocenters. The number of aromatic amines is 1. The van der Waals surface area contributed by atoms with Crippen LogP contribution in [0, 0.1) is 0 Å². The minimum atomic E-state index is -0.0843. The summed E-state index contributed by atoms with van der Waals surface area (Å²) in [5.41, 5.74) is 2.85. The number of nitrogens with zero attached hydrogens (tertiary/aromatic N) is 1. The van der Waals surface area contributed by atoms with Crippen LogP contribution in [0.15, 0.2) is 59.7 Å². The fourth-order valence-corrected chi connectivity index (χ4v) is 1.95. The molecule has 1 N–H and O–H groups in total. The molecule has 0 bridgehead atoms. The van der Waals surface area contributed by atoms with Crippen LogP contribution in [0.25, 0.3) is 22.0 Å². The Morgan fingerprint density at radius 3 is 2.59 bits per heavy atom. The molecule has 3 aromatic rings. The van der Waals surface area contributed by atoms with E-state index in [0.29, 0.717) is 0 Å². The van der Waals surface area contributed by atoms with E-state index >= 15 is 0 Å². The normalized spacial score (nSPS) is 10.6. The number of benzene rings is 1. The van der Waals surface area contributed by atoms with Crippen LogP contribution in [-0.4, -0.2) is 9.97 Å². The zero-order valence-electron chi connectivity index (χ0n) is 9.05. The third kappa shape index (κ3) is 1.72. The second-order valence-electron chi connectivity index (χ2n) is 3.83. The van der Waals surface area contributed by atoms with Crippen LogP contribution in [0.4, 0.5) is 0 Å². The van der Waals surface area contributed by atoms with Gasteiger partial charge in [-0.2, -0.15) is 0 Å². The predicted octanol–water partition coefficient (Wildman–Crippen LogP) is 2.59. The van der Waals surface area contributed by atoms with E-state index in [1.165, 1.54) is 0 Å². The van der Waals surface area contributed by atoms with Gasteiger partial charge in [0, 0.05) is 24.0 Å². The second kappa shape index (κ2) is 3.87. The minimum Gasteiger partial charge on any atom is -0.321 e. The summed E-state index contributed by atoms with van der Waals surface area (Å²) in [6.45, 7) is 0. The van der Waals surface area contributed by atoms with Gasteiger partial charge in [0.1, 0.15) is 0 Å². The van der Waals surface area contributed by atoms with Gasteiger partial charge in [0.2, 0.25) is 5.56 Å². The van der Waals surface area contributed by atoms with Crippen molar-refractivity contribution in [2.45, 2.75) is 0 Å². The maximum absolute atomic E-state index is 11.4. The second-order valence-corrected chi connectivity index (χ2v) is 3.83. The van der Waals surface area contributed by atoms with Gasteiger partial charge in [-0.05, 0) is 29.1 Å². The SMILES string of the molecule is O=c1ccc2cccc(-c3ccncc3)c2[nH]1. The molecule has 0 aliphatic heterocycles. The summed E-state index contributed by atoms with van der Waals surface area (Å²) in [4.78, 5) is 18.3. The summed E-state index contributed by atoms with van der Waals surface area (Å²) in [6.07, 6.45) is 3.49. The highest BCUT2D eigenvalue weighted by Gasteiger charge is 2.03. The Kier molecular flexibility index (Phi) is 2.22. The summed E-state index contributed by atoms with van der Waals surface area (Å²) in [6, 6.07) is 13.2. The number of nitrogens with one attached hydrogen (secondary N) is 1. The van der Waals surface area contributed by atoms with Crippen LogP contribution in [0.2, 0.25) is 0 Å². The average molecular weight is 222 g/mol. The third-order valence-electron chi connectivity index (χ3n) is 2.75. The van der Waals surface area contributed by atoms with Gasteiger partial charge >= 0.3 is 0 Å². The molecule has 0 aliphatic carbocycles.